The van der Waals surface area contributed by atoms with Crippen LogP contribution in [0.25, 0.3) is 28.9 Å². The molecule has 4 rings (SSSR count). The molecule has 0 fully saturated rings. The molecule has 2 heterocycles. The first kappa shape index (κ1) is 16.9. The Labute approximate surface area is 160 Å². The van der Waals surface area contributed by atoms with Crippen LogP contribution in [0.5, 0.6) is 0 Å². The van der Waals surface area contributed by atoms with Crippen molar-refractivity contribution in [2.45, 2.75) is 0 Å². The van der Waals surface area contributed by atoms with Gasteiger partial charge in [0.1, 0.15) is 5.69 Å². The topological polar surface area (TPSA) is 74.7 Å². The van der Waals surface area contributed by atoms with Crippen molar-refractivity contribution in [1.82, 2.24) is 25.1 Å². The normalized spacial score (nSPS) is 11.6. The molecule has 2 N–H and O–H groups in total. The van der Waals surface area contributed by atoms with Crippen molar-refractivity contribution in [2.75, 3.05) is 0 Å². The molecule has 0 spiro atoms. The molecule has 0 radical (unpaired) electrons. The van der Waals surface area contributed by atoms with Gasteiger partial charge in [0.2, 0.25) is 10.6 Å². The van der Waals surface area contributed by atoms with Crippen LogP contribution in [0.15, 0.2) is 77.9 Å². The van der Waals surface area contributed by atoms with Crippen molar-refractivity contribution in [2.24, 2.45) is 5.10 Å². The van der Waals surface area contributed by atoms with Gasteiger partial charge in [0, 0.05) is 11.8 Å². The number of hydrogen-bond donors (Lipinski definition) is 2. The molecule has 0 amide bonds. The van der Waals surface area contributed by atoms with E-state index in [0.29, 0.717) is 10.6 Å². The monoisotopic (exact) mass is 372 g/mol. The van der Waals surface area contributed by atoms with Gasteiger partial charge < -0.3 is 0 Å². The van der Waals surface area contributed by atoms with Crippen LogP contribution in [-0.4, -0.2) is 31.3 Å². The molecule has 0 aliphatic heterocycles. The molecule has 27 heavy (non-hydrogen) atoms. The van der Waals surface area contributed by atoms with Crippen LogP contribution in [-0.2, 0) is 0 Å². The molecule has 2 aromatic heterocycles. The fourth-order valence-corrected chi connectivity index (χ4v) is 2.77. The molecule has 0 atom stereocenters. The first-order valence-electron chi connectivity index (χ1n) is 8.36. The van der Waals surface area contributed by atoms with Gasteiger partial charge in [-0.2, -0.15) is 20.0 Å². The van der Waals surface area contributed by atoms with E-state index < -0.39 is 0 Å². The maximum absolute atomic E-state index is 5.29. The number of aromatic amines is 2. The Bertz CT molecular complexity index is 1140. The predicted molar refractivity (Wildman–Crippen MR) is 110 cm³/mol. The minimum atomic E-state index is 0.408. The second kappa shape index (κ2) is 7.76. The van der Waals surface area contributed by atoms with Gasteiger partial charge in [0.05, 0.1) is 5.69 Å². The number of H-pyrrole nitrogens is 2. The fraction of sp³-hybridized carbons (Fsp3) is 0. The van der Waals surface area contributed by atoms with Crippen LogP contribution in [0.1, 0.15) is 5.56 Å². The van der Waals surface area contributed by atoms with Crippen LogP contribution in [0, 0.1) is 4.77 Å². The Hall–Kier alpha value is -3.58. The molecular weight excluding hydrogens is 356 g/mol. The molecule has 4 aromatic rings. The lowest BCUT2D eigenvalue weighted by Gasteiger charge is -1.96. The highest BCUT2D eigenvalue weighted by Gasteiger charge is 2.12. The quantitative estimate of drug-likeness (QED) is 0.399. The number of benzene rings is 2. The number of hydrogen-bond acceptors (Lipinski definition) is 4. The van der Waals surface area contributed by atoms with E-state index in [-0.39, 0.29) is 0 Å². The lowest BCUT2D eigenvalue weighted by Crippen LogP contribution is -1.93. The lowest BCUT2D eigenvalue weighted by atomic mass is 10.1. The number of allylic oxidation sites excluding steroid dienone is 1. The second-order valence-corrected chi connectivity index (χ2v) is 6.12. The Balaban J connectivity index is 1.59. The summed E-state index contributed by atoms with van der Waals surface area (Å²) in [5.74, 6) is 0.569. The van der Waals surface area contributed by atoms with Crippen molar-refractivity contribution in [3.8, 4) is 22.8 Å². The largest absolute Gasteiger partial charge is 0.274 e. The molecular formula is C20H16N6S. The van der Waals surface area contributed by atoms with Gasteiger partial charge in [-0.3, -0.25) is 5.10 Å². The molecule has 6 nitrogen and oxygen atoms in total. The average Bonchev–Trinajstić information content (AvgIpc) is 3.34. The van der Waals surface area contributed by atoms with Gasteiger partial charge in [0.15, 0.2) is 0 Å². The summed E-state index contributed by atoms with van der Waals surface area (Å²) in [6, 6.07) is 21.9. The fourth-order valence-electron chi connectivity index (χ4n) is 2.59. The average molecular weight is 372 g/mol. The Morgan fingerprint density at radius 3 is 2.44 bits per heavy atom. The zero-order chi connectivity index (χ0) is 18.5. The lowest BCUT2D eigenvalue weighted by molar-refractivity contribution is 0.866. The zero-order valence-electron chi connectivity index (χ0n) is 14.3. The SMILES string of the molecule is S=c1[nH]nc(-c2cc(-c3ccccc3)n[nH]2)n1/N=C\C=C\c1ccccc1. The molecule has 132 valence electrons. The minimum Gasteiger partial charge on any atom is -0.274 e. The summed E-state index contributed by atoms with van der Waals surface area (Å²) in [5.41, 5.74) is 3.68. The third kappa shape index (κ3) is 3.83. The van der Waals surface area contributed by atoms with E-state index in [0.717, 1.165) is 22.5 Å². The Morgan fingerprint density at radius 2 is 1.67 bits per heavy atom. The highest BCUT2D eigenvalue weighted by atomic mass is 32.1. The second-order valence-electron chi connectivity index (χ2n) is 5.73. The van der Waals surface area contributed by atoms with E-state index in [4.69, 9.17) is 12.2 Å². The molecule has 0 saturated heterocycles. The minimum absolute atomic E-state index is 0.408. The van der Waals surface area contributed by atoms with E-state index in [1.165, 1.54) is 0 Å². The maximum atomic E-state index is 5.29. The summed E-state index contributed by atoms with van der Waals surface area (Å²) in [4.78, 5) is 0. The molecule has 0 bridgehead atoms. The van der Waals surface area contributed by atoms with Gasteiger partial charge in [-0.05, 0) is 29.9 Å². The molecule has 0 aliphatic rings. The van der Waals surface area contributed by atoms with Gasteiger partial charge in [0.25, 0.3) is 0 Å². The number of nitrogens with zero attached hydrogens (tertiary/aromatic N) is 4. The highest BCUT2D eigenvalue weighted by molar-refractivity contribution is 7.71. The van der Waals surface area contributed by atoms with Gasteiger partial charge >= 0.3 is 0 Å². The van der Waals surface area contributed by atoms with Gasteiger partial charge in [-0.15, -0.1) is 0 Å². The van der Waals surface area contributed by atoms with Crippen molar-refractivity contribution in [1.29, 1.82) is 0 Å². The highest BCUT2D eigenvalue weighted by Crippen LogP contribution is 2.22. The van der Waals surface area contributed by atoms with E-state index in [1.807, 2.05) is 78.9 Å². The van der Waals surface area contributed by atoms with Crippen LogP contribution >= 0.6 is 12.2 Å². The summed E-state index contributed by atoms with van der Waals surface area (Å²) in [7, 11) is 0. The van der Waals surface area contributed by atoms with Crippen LogP contribution in [0.2, 0.25) is 0 Å². The predicted octanol–water partition coefficient (Wildman–Crippen LogP) is 4.55. The molecule has 7 heteroatoms. The van der Waals surface area contributed by atoms with E-state index in [2.05, 4.69) is 25.5 Å². The first-order valence-corrected chi connectivity index (χ1v) is 8.77. The standard InChI is InChI=1S/C20H16N6S/c27-20-25-24-19(18-14-17(22-23-18)16-11-5-2-6-12-16)26(20)21-13-7-10-15-8-3-1-4-9-15/h1-14H,(H,22,23)(H,25,27)/b10-7+,21-13-. The van der Waals surface area contributed by atoms with Crippen molar-refractivity contribution >= 4 is 24.5 Å². The van der Waals surface area contributed by atoms with Crippen LogP contribution in [0.4, 0.5) is 0 Å². The molecule has 2 aromatic carbocycles. The summed E-state index contributed by atoms with van der Waals surface area (Å²) >= 11 is 5.29. The first-order chi connectivity index (χ1) is 13.3. The van der Waals surface area contributed by atoms with Crippen molar-refractivity contribution in [3.63, 3.8) is 0 Å². The summed E-state index contributed by atoms with van der Waals surface area (Å²) in [6.07, 6.45) is 5.50. The van der Waals surface area contributed by atoms with E-state index >= 15 is 0 Å². The van der Waals surface area contributed by atoms with Gasteiger partial charge in [-0.1, -0.05) is 66.7 Å². The zero-order valence-corrected chi connectivity index (χ0v) is 15.1. The molecule has 0 aliphatic carbocycles. The third-order valence-electron chi connectivity index (χ3n) is 3.90. The Morgan fingerprint density at radius 1 is 0.926 bits per heavy atom. The van der Waals surface area contributed by atoms with Crippen molar-refractivity contribution in [3.05, 3.63) is 83.1 Å². The molecule has 0 saturated carbocycles. The number of rotatable bonds is 5. The van der Waals surface area contributed by atoms with Gasteiger partial charge in [-0.25, -0.2) is 5.10 Å². The number of nitrogens with one attached hydrogen (secondary N) is 2. The maximum Gasteiger partial charge on any atom is 0.216 e. The third-order valence-corrected chi connectivity index (χ3v) is 4.16. The summed E-state index contributed by atoms with van der Waals surface area (Å²) in [5, 5.41) is 18.8. The molecule has 0 unspecified atom stereocenters. The number of aromatic nitrogens is 5. The summed E-state index contributed by atoms with van der Waals surface area (Å²) < 4.78 is 1.97. The van der Waals surface area contributed by atoms with E-state index in [1.54, 1.807) is 10.9 Å². The smallest absolute Gasteiger partial charge is 0.216 e. The van der Waals surface area contributed by atoms with Crippen LogP contribution < -0.4 is 0 Å². The van der Waals surface area contributed by atoms with Crippen molar-refractivity contribution < 1.29 is 0 Å². The Kier molecular flexibility index (Phi) is 4.84. The summed E-state index contributed by atoms with van der Waals surface area (Å²) in [6.45, 7) is 0. The van der Waals surface area contributed by atoms with E-state index in [9.17, 15) is 0 Å². The van der Waals surface area contributed by atoms with Crippen LogP contribution in [0.3, 0.4) is 0 Å².